The number of piperidine rings is 1. The Labute approximate surface area is 183 Å². The second-order valence-corrected chi connectivity index (χ2v) is 7.75. The molecule has 1 aromatic heterocycles. The van der Waals surface area contributed by atoms with E-state index in [0.29, 0.717) is 5.95 Å². The maximum absolute atomic E-state index is 9.83. The summed E-state index contributed by atoms with van der Waals surface area (Å²) in [4.78, 5) is 13.0. The number of hydrogen-bond acceptors (Lipinski definition) is 6. The molecule has 0 bridgehead atoms. The summed E-state index contributed by atoms with van der Waals surface area (Å²) < 4.78 is 0. The molecule has 1 aliphatic rings. The van der Waals surface area contributed by atoms with Crippen molar-refractivity contribution >= 4 is 29.2 Å². The van der Waals surface area contributed by atoms with Crippen molar-refractivity contribution in [2.24, 2.45) is 0 Å². The van der Waals surface area contributed by atoms with Gasteiger partial charge in [0.15, 0.2) is 0 Å². The van der Waals surface area contributed by atoms with Crippen molar-refractivity contribution < 1.29 is 5.11 Å². The molecule has 5 nitrogen and oxygen atoms in total. The van der Waals surface area contributed by atoms with Gasteiger partial charge in [-0.1, -0.05) is 44.2 Å². The highest BCUT2D eigenvalue weighted by atomic mass is 32.2. The molecule has 2 aromatic carbocycles. The summed E-state index contributed by atoms with van der Waals surface area (Å²) in [5.74, 6) is 1.48. The number of benzene rings is 2. The van der Waals surface area contributed by atoms with Crippen molar-refractivity contribution in [1.29, 1.82) is 0 Å². The van der Waals surface area contributed by atoms with Crippen molar-refractivity contribution in [3.8, 4) is 11.3 Å². The fourth-order valence-corrected chi connectivity index (χ4v) is 3.72. The predicted octanol–water partition coefficient (Wildman–Crippen LogP) is 5.60. The summed E-state index contributed by atoms with van der Waals surface area (Å²) in [6, 6.07) is 20.4. The molecule has 1 fully saturated rings. The van der Waals surface area contributed by atoms with Gasteiger partial charge < -0.3 is 15.3 Å². The highest BCUT2D eigenvalue weighted by Gasteiger charge is 2.20. The molecule has 0 atom stereocenters. The van der Waals surface area contributed by atoms with E-state index in [2.05, 4.69) is 40.7 Å². The third kappa shape index (κ3) is 5.74. The quantitative estimate of drug-likeness (QED) is 0.522. The smallest absolute Gasteiger partial charge is 0.229 e. The lowest BCUT2D eigenvalue weighted by Crippen LogP contribution is -2.36. The molecule has 2 heterocycles. The molecule has 2 N–H and O–H groups in total. The maximum Gasteiger partial charge on any atom is 0.229 e. The van der Waals surface area contributed by atoms with Gasteiger partial charge in [-0.15, -0.1) is 11.8 Å². The molecule has 30 heavy (non-hydrogen) atoms. The number of aliphatic hydroxyl groups is 1. The van der Waals surface area contributed by atoms with Crippen LogP contribution in [0.25, 0.3) is 11.3 Å². The molecule has 0 radical (unpaired) electrons. The van der Waals surface area contributed by atoms with Crippen LogP contribution in [0, 0.1) is 0 Å². The third-order valence-corrected chi connectivity index (χ3v) is 5.66. The Morgan fingerprint density at radius 2 is 1.63 bits per heavy atom. The topological polar surface area (TPSA) is 61.3 Å². The third-order valence-electron chi connectivity index (χ3n) is 4.92. The van der Waals surface area contributed by atoms with Crippen LogP contribution in [0.1, 0.15) is 26.7 Å². The minimum atomic E-state index is -0.209. The zero-order valence-corrected chi connectivity index (χ0v) is 18.7. The number of nitrogens with one attached hydrogen (secondary N) is 1. The SMILES string of the molecule is CC.CSc1ccc(Nc2nc(-c3ccccc3)cc(N3CCC(O)CC3)n2)cc1. The van der Waals surface area contributed by atoms with Crippen LogP contribution in [0.3, 0.4) is 0 Å². The standard InChI is InChI=1S/C22H24N4OS.C2H6/c1-28-19-9-7-17(8-10-19)23-22-24-20(16-5-3-2-4-6-16)15-21(25-22)26-13-11-18(27)12-14-26;1-2/h2-10,15,18,27H,11-14H2,1H3,(H,23,24,25);1-2H3. The second-order valence-electron chi connectivity index (χ2n) is 6.87. The first-order valence-corrected chi connectivity index (χ1v) is 11.7. The Hall–Kier alpha value is -2.57. The predicted molar refractivity (Wildman–Crippen MR) is 128 cm³/mol. The molecule has 0 spiro atoms. The number of anilines is 3. The van der Waals surface area contributed by atoms with Crippen LogP contribution in [0.4, 0.5) is 17.5 Å². The maximum atomic E-state index is 9.83. The van der Waals surface area contributed by atoms with Gasteiger partial charge in [0.05, 0.1) is 11.8 Å². The Balaban J connectivity index is 0.00000124. The number of aliphatic hydroxyl groups excluding tert-OH is 1. The Morgan fingerprint density at radius 1 is 0.967 bits per heavy atom. The monoisotopic (exact) mass is 422 g/mol. The van der Waals surface area contributed by atoms with Crippen LogP contribution in [-0.4, -0.2) is 40.5 Å². The van der Waals surface area contributed by atoms with Gasteiger partial charge in [0.1, 0.15) is 5.82 Å². The van der Waals surface area contributed by atoms with E-state index in [4.69, 9.17) is 9.97 Å². The van der Waals surface area contributed by atoms with Crippen molar-refractivity contribution in [3.63, 3.8) is 0 Å². The first-order valence-electron chi connectivity index (χ1n) is 10.5. The van der Waals surface area contributed by atoms with Gasteiger partial charge in [-0.2, -0.15) is 4.98 Å². The lowest BCUT2D eigenvalue weighted by atomic mass is 10.1. The van der Waals surface area contributed by atoms with Crippen molar-refractivity contribution in [1.82, 2.24) is 9.97 Å². The van der Waals surface area contributed by atoms with Gasteiger partial charge in [0.2, 0.25) is 5.95 Å². The summed E-state index contributed by atoms with van der Waals surface area (Å²) in [5.41, 5.74) is 2.91. The number of thioether (sulfide) groups is 1. The van der Waals surface area contributed by atoms with E-state index < -0.39 is 0 Å². The molecule has 0 saturated carbocycles. The fourth-order valence-electron chi connectivity index (χ4n) is 3.31. The fraction of sp³-hybridized carbons (Fsp3) is 0.333. The van der Waals surface area contributed by atoms with Gasteiger partial charge in [0, 0.05) is 35.3 Å². The van der Waals surface area contributed by atoms with Crippen molar-refractivity contribution in [2.45, 2.75) is 37.7 Å². The normalized spacial score (nSPS) is 14.1. The largest absolute Gasteiger partial charge is 0.393 e. The average Bonchev–Trinajstić information content (AvgIpc) is 2.82. The van der Waals surface area contributed by atoms with Gasteiger partial charge in [0.25, 0.3) is 0 Å². The second kappa shape index (κ2) is 11.0. The van der Waals surface area contributed by atoms with E-state index in [1.165, 1.54) is 4.90 Å². The Kier molecular flexibility index (Phi) is 8.11. The minimum absolute atomic E-state index is 0.209. The van der Waals surface area contributed by atoms with E-state index in [1.54, 1.807) is 11.8 Å². The lowest BCUT2D eigenvalue weighted by molar-refractivity contribution is 0.145. The molecule has 1 aliphatic heterocycles. The minimum Gasteiger partial charge on any atom is -0.393 e. The summed E-state index contributed by atoms with van der Waals surface area (Å²) in [6.07, 6.45) is 3.39. The summed E-state index contributed by atoms with van der Waals surface area (Å²) in [6.45, 7) is 5.60. The lowest BCUT2D eigenvalue weighted by Gasteiger charge is -2.30. The summed E-state index contributed by atoms with van der Waals surface area (Å²) >= 11 is 1.72. The van der Waals surface area contributed by atoms with E-state index >= 15 is 0 Å². The number of nitrogens with zero attached hydrogens (tertiary/aromatic N) is 3. The van der Waals surface area contributed by atoms with Gasteiger partial charge in [-0.05, 0) is 43.4 Å². The first-order chi connectivity index (χ1) is 14.7. The zero-order chi connectivity index (χ0) is 21.3. The highest BCUT2D eigenvalue weighted by molar-refractivity contribution is 7.98. The molecule has 158 valence electrons. The molecule has 0 amide bonds. The van der Waals surface area contributed by atoms with Crippen LogP contribution in [0.5, 0.6) is 0 Å². The van der Waals surface area contributed by atoms with E-state index in [9.17, 15) is 5.11 Å². The van der Waals surface area contributed by atoms with Gasteiger partial charge >= 0.3 is 0 Å². The summed E-state index contributed by atoms with van der Waals surface area (Å²) in [7, 11) is 0. The number of rotatable bonds is 5. The van der Waals surface area contributed by atoms with Crippen molar-refractivity contribution in [3.05, 3.63) is 60.7 Å². The number of hydrogen-bond donors (Lipinski definition) is 2. The van der Waals surface area contributed by atoms with Crippen molar-refractivity contribution in [2.75, 3.05) is 29.6 Å². The average molecular weight is 423 g/mol. The van der Waals surface area contributed by atoms with Crippen LogP contribution in [0.15, 0.2) is 65.6 Å². The molecule has 3 aromatic rings. The molecule has 4 rings (SSSR count). The molecule has 0 unspecified atom stereocenters. The molecular formula is C24H30N4OS. The van der Waals surface area contributed by atoms with Crippen LogP contribution < -0.4 is 10.2 Å². The molecule has 0 aliphatic carbocycles. The van der Waals surface area contributed by atoms with Gasteiger partial charge in [-0.25, -0.2) is 4.98 Å². The number of aromatic nitrogens is 2. The molecule has 1 saturated heterocycles. The van der Waals surface area contributed by atoms with E-state index in [-0.39, 0.29) is 6.10 Å². The van der Waals surface area contributed by atoms with Crippen LogP contribution in [0.2, 0.25) is 0 Å². The van der Waals surface area contributed by atoms with E-state index in [0.717, 1.165) is 48.7 Å². The Morgan fingerprint density at radius 3 is 2.27 bits per heavy atom. The van der Waals surface area contributed by atoms with Crippen LogP contribution >= 0.6 is 11.8 Å². The van der Waals surface area contributed by atoms with E-state index in [1.807, 2.05) is 50.2 Å². The first kappa shape index (κ1) is 22.1. The van der Waals surface area contributed by atoms with Crippen LogP contribution in [-0.2, 0) is 0 Å². The Bertz CT molecular complexity index is 910. The zero-order valence-electron chi connectivity index (χ0n) is 17.9. The highest BCUT2D eigenvalue weighted by Crippen LogP contribution is 2.27. The summed E-state index contributed by atoms with van der Waals surface area (Å²) in [5, 5.41) is 13.2. The van der Waals surface area contributed by atoms with Gasteiger partial charge in [-0.3, -0.25) is 0 Å². The molecular weight excluding hydrogens is 392 g/mol. The molecule has 6 heteroatoms.